The van der Waals surface area contributed by atoms with Crippen molar-refractivity contribution in [3.8, 4) is 5.75 Å². The van der Waals surface area contributed by atoms with Gasteiger partial charge in [0.2, 0.25) is 0 Å². The second kappa shape index (κ2) is 7.69. The molecule has 0 saturated carbocycles. The highest BCUT2D eigenvalue weighted by Gasteiger charge is 2.32. The van der Waals surface area contributed by atoms with Gasteiger partial charge in [-0.3, -0.25) is 5.10 Å². The number of rotatable bonds is 4. The number of carbonyl (C=O) groups is 1. The van der Waals surface area contributed by atoms with E-state index in [-0.39, 0.29) is 17.8 Å². The molecule has 1 aliphatic heterocycles. The van der Waals surface area contributed by atoms with Gasteiger partial charge < -0.3 is 19.7 Å². The van der Waals surface area contributed by atoms with Crippen molar-refractivity contribution >= 4 is 11.7 Å². The first-order valence-corrected chi connectivity index (χ1v) is 8.17. The summed E-state index contributed by atoms with van der Waals surface area (Å²) in [6.07, 6.45) is 0. The van der Waals surface area contributed by atoms with Crippen LogP contribution in [0.3, 0.4) is 0 Å². The van der Waals surface area contributed by atoms with E-state index in [1.807, 2.05) is 13.8 Å². The summed E-state index contributed by atoms with van der Waals surface area (Å²) in [4.78, 5) is 14.4. The number of hydrogen-bond donors (Lipinski definition) is 2. The van der Waals surface area contributed by atoms with E-state index in [1.165, 1.54) is 18.2 Å². The molecule has 7 nitrogen and oxygen atoms in total. The van der Waals surface area contributed by atoms with Crippen LogP contribution in [-0.2, 0) is 4.74 Å². The maximum absolute atomic E-state index is 12.8. The molecule has 3 rings (SSSR count). The number of hydrogen-bond acceptors (Lipinski definition) is 4. The van der Waals surface area contributed by atoms with Gasteiger partial charge in [0.05, 0.1) is 24.9 Å². The summed E-state index contributed by atoms with van der Waals surface area (Å²) < 4.78 is 34.6. The van der Waals surface area contributed by atoms with Crippen LogP contribution in [0.1, 0.15) is 23.0 Å². The summed E-state index contributed by atoms with van der Waals surface area (Å²) in [6.45, 7) is 2.04. The number of nitrogens with zero attached hydrogens (tertiary/aromatic N) is 2. The van der Waals surface area contributed by atoms with E-state index < -0.39 is 6.61 Å². The van der Waals surface area contributed by atoms with Crippen LogP contribution < -0.4 is 10.1 Å². The van der Waals surface area contributed by atoms with E-state index in [0.29, 0.717) is 25.4 Å². The number of aryl methyl sites for hydroxylation is 2. The van der Waals surface area contributed by atoms with Crippen molar-refractivity contribution in [1.29, 1.82) is 0 Å². The molecule has 1 aromatic carbocycles. The normalized spacial score (nSPS) is 17.4. The number of halogens is 2. The number of urea groups is 1. The first kappa shape index (κ1) is 18.1. The number of nitrogens with one attached hydrogen (secondary N) is 2. The second-order valence-electron chi connectivity index (χ2n) is 5.97. The van der Waals surface area contributed by atoms with E-state index >= 15 is 0 Å². The molecule has 1 atom stereocenters. The Labute approximate surface area is 149 Å². The van der Waals surface area contributed by atoms with Crippen molar-refractivity contribution in [3.63, 3.8) is 0 Å². The van der Waals surface area contributed by atoms with Crippen molar-refractivity contribution in [1.82, 2.24) is 15.1 Å². The van der Waals surface area contributed by atoms with Gasteiger partial charge in [-0.2, -0.15) is 13.9 Å². The molecule has 2 heterocycles. The van der Waals surface area contributed by atoms with Gasteiger partial charge in [-0.25, -0.2) is 4.79 Å². The number of amides is 2. The third-order valence-corrected chi connectivity index (χ3v) is 4.22. The van der Waals surface area contributed by atoms with Crippen LogP contribution in [0, 0.1) is 13.8 Å². The van der Waals surface area contributed by atoms with Crippen LogP contribution >= 0.6 is 0 Å². The largest absolute Gasteiger partial charge is 0.435 e. The summed E-state index contributed by atoms with van der Waals surface area (Å²) in [5.74, 6) is -0.0159. The predicted octanol–water partition coefficient (Wildman–Crippen LogP) is 3.23. The smallest absolute Gasteiger partial charge is 0.387 e. The zero-order chi connectivity index (χ0) is 18.7. The standard InChI is InChI=1S/C17H20F2N4O3/c1-10-15(11(2)22-21-10)14-9-25-7-6-23(14)17(24)20-12-4-3-5-13(8-12)26-16(18)19/h3-5,8,14,16H,6-7,9H2,1-2H3,(H,20,24)(H,21,22). The van der Waals surface area contributed by atoms with Crippen LogP contribution in [0.2, 0.25) is 0 Å². The Kier molecular flexibility index (Phi) is 5.36. The van der Waals surface area contributed by atoms with Gasteiger partial charge in [0.1, 0.15) is 5.75 Å². The zero-order valence-electron chi connectivity index (χ0n) is 14.5. The zero-order valence-corrected chi connectivity index (χ0v) is 14.5. The monoisotopic (exact) mass is 366 g/mol. The van der Waals surface area contributed by atoms with Gasteiger partial charge in [0.25, 0.3) is 0 Å². The third-order valence-electron chi connectivity index (χ3n) is 4.22. The Hall–Kier alpha value is -2.68. The Bertz CT molecular complexity index is 762. The SMILES string of the molecule is Cc1n[nH]c(C)c1C1COCCN1C(=O)Nc1cccc(OC(F)F)c1. The molecule has 1 aliphatic rings. The molecule has 2 aromatic rings. The molecule has 0 aliphatic carbocycles. The van der Waals surface area contributed by atoms with Crippen molar-refractivity contribution in [3.05, 3.63) is 41.2 Å². The lowest BCUT2D eigenvalue weighted by molar-refractivity contribution is -0.0498. The Morgan fingerprint density at radius 1 is 1.46 bits per heavy atom. The van der Waals surface area contributed by atoms with Crippen LogP contribution in [-0.4, -0.2) is 47.5 Å². The lowest BCUT2D eigenvalue weighted by Crippen LogP contribution is -2.45. The molecule has 1 saturated heterocycles. The minimum Gasteiger partial charge on any atom is -0.435 e. The van der Waals surface area contributed by atoms with Crippen LogP contribution in [0.15, 0.2) is 24.3 Å². The lowest BCUT2D eigenvalue weighted by Gasteiger charge is -2.36. The molecule has 26 heavy (non-hydrogen) atoms. The van der Waals surface area contributed by atoms with E-state index in [2.05, 4.69) is 20.3 Å². The quantitative estimate of drug-likeness (QED) is 0.871. The highest BCUT2D eigenvalue weighted by atomic mass is 19.3. The van der Waals surface area contributed by atoms with Crippen molar-refractivity contribution in [2.24, 2.45) is 0 Å². The van der Waals surface area contributed by atoms with Gasteiger partial charge in [-0.1, -0.05) is 6.07 Å². The number of morpholine rings is 1. The Morgan fingerprint density at radius 2 is 2.27 bits per heavy atom. The number of aromatic nitrogens is 2. The van der Waals surface area contributed by atoms with Crippen molar-refractivity contribution < 1.29 is 23.0 Å². The minimum atomic E-state index is -2.92. The number of aromatic amines is 1. The average Bonchev–Trinajstić information content (AvgIpc) is 2.93. The van der Waals surface area contributed by atoms with Crippen molar-refractivity contribution in [2.75, 3.05) is 25.1 Å². The number of ether oxygens (including phenoxy) is 2. The maximum Gasteiger partial charge on any atom is 0.387 e. The average molecular weight is 366 g/mol. The van der Waals surface area contributed by atoms with E-state index in [4.69, 9.17) is 4.74 Å². The summed E-state index contributed by atoms with van der Waals surface area (Å²) in [6, 6.07) is 5.29. The number of anilines is 1. The van der Waals surface area contributed by atoms with Crippen LogP contribution in [0.4, 0.5) is 19.3 Å². The molecule has 1 unspecified atom stereocenters. The highest BCUT2D eigenvalue weighted by molar-refractivity contribution is 5.90. The number of H-pyrrole nitrogens is 1. The highest BCUT2D eigenvalue weighted by Crippen LogP contribution is 2.29. The maximum atomic E-state index is 12.8. The predicted molar refractivity (Wildman–Crippen MR) is 90.4 cm³/mol. The fraction of sp³-hybridized carbons (Fsp3) is 0.412. The summed E-state index contributed by atoms with van der Waals surface area (Å²) in [5, 5.41) is 9.83. The molecule has 2 amide bonds. The molecule has 1 fully saturated rings. The first-order valence-electron chi connectivity index (χ1n) is 8.17. The molecular weight excluding hydrogens is 346 g/mol. The third kappa shape index (κ3) is 3.93. The fourth-order valence-electron chi connectivity index (χ4n) is 3.08. The number of alkyl halides is 2. The van der Waals surface area contributed by atoms with Crippen LogP contribution in [0.25, 0.3) is 0 Å². The summed E-state index contributed by atoms with van der Waals surface area (Å²) in [7, 11) is 0. The molecule has 1 aromatic heterocycles. The molecule has 140 valence electrons. The molecule has 9 heteroatoms. The molecular formula is C17H20F2N4O3. The molecule has 0 bridgehead atoms. The topological polar surface area (TPSA) is 79.5 Å². The fourth-order valence-corrected chi connectivity index (χ4v) is 3.08. The molecule has 0 radical (unpaired) electrons. The van der Waals surface area contributed by atoms with Gasteiger partial charge in [-0.05, 0) is 26.0 Å². The Morgan fingerprint density at radius 3 is 2.96 bits per heavy atom. The second-order valence-corrected chi connectivity index (χ2v) is 5.97. The van der Waals surface area contributed by atoms with Gasteiger partial charge in [0.15, 0.2) is 0 Å². The minimum absolute atomic E-state index is 0.0159. The molecule has 2 N–H and O–H groups in total. The van der Waals surface area contributed by atoms with Gasteiger partial charge in [-0.15, -0.1) is 0 Å². The van der Waals surface area contributed by atoms with Crippen molar-refractivity contribution in [2.45, 2.75) is 26.5 Å². The van der Waals surface area contributed by atoms with Gasteiger partial charge >= 0.3 is 12.6 Å². The molecule has 0 spiro atoms. The van der Waals surface area contributed by atoms with E-state index in [9.17, 15) is 13.6 Å². The van der Waals surface area contributed by atoms with E-state index in [0.717, 1.165) is 17.0 Å². The summed E-state index contributed by atoms with van der Waals surface area (Å²) in [5.41, 5.74) is 2.99. The van der Waals surface area contributed by atoms with Crippen LogP contribution in [0.5, 0.6) is 5.75 Å². The van der Waals surface area contributed by atoms with Gasteiger partial charge in [0, 0.05) is 29.6 Å². The number of carbonyl (C=O) groups excluding carboxylic acids is 1. The summed E-state index contributed by atoms with van der Waals surface area (Å²) >= 11 is 0. The Balaban J connectivity index is 1.77. The lowest BCUT2D eigenvalue weighted by atomic mass is 10.0. The first-order chi connectivity index (χ1) is 12.5. The van der Waals surface area contributed by atoms with E-state index in [1.54, 1.807) is 11.0 Å². The number of benzene rings is 1.